The van der Waals surface area contributed by atoms with Crippen LogP contribution in [-0.2, 0) is 11.3 Å². The van der Waals surface area contributed by atoms with Crippen molar-refractivity contribution in [2.45, 2.75) is 18.9 Å². The van der Waals surface area contributed by atoms with Crippen LogP contribution in [-0.4, -0.2) is 22.8 Å². The highest BCUT2D eigenvalue weighted by Crippen LogP contribution is 2.50. The van der Waals surface area contributed by atoms with Gasteiger partial charge in [-0.25, -0.2) is 4.68 Å². The summed E-state index contributed by atoms with van der Waals surface area (Å²) in [6.07, 6.45) is 4.60. The molecule has 0 saturated heterocycles. The third kappa shape index (κ3) is 3.33. The number of nitrogens with one attached hydrogen (secondary N) is 1. The van der Waals surface area contributed by atoms with E-state index in [9.17, 15) is 4.79 Å². The highest BCUT2D eigenvalue weighted by molar-refractivity contribution is 5.83. The van der Waals surface area contributed by atoms with E-state index in [1.165, 1.54) is 0 Å². The smallest absolute Gasteiger partial charge is 0.224 e. The Kier molecular flexibility index (Phi) is 4.44. The van der Waals surface area contributed by atoms with Crippen molar-refractivity contribution in [3.63, 3.8) is 0 Å². The summed E-state index contributed by atoms with van der Waals surface area (Å²) >= 11 is 0. The van der Waals surface area contributed by atoms with E-state index >= 15 is 0 Å². The van der Waals surface area contributed by atoms with Crippen LogP contribution in [0.25, 0.3) is 5.69 Å². The number of benzene rings is 2. The molecule has 1 aromatic heterocycles. The SMILES string of the molecule is COc1ccccc1[C@@H]1C[C@@H]1C(=O)NCc1cnn(-c2ccccc2)c1. The molecule has 0 radical (unpaired) electrons. The molecule has 26 heavy (non-hydrogen) atoms. The molecule has 1 saturated carbocycles. The van der Waals surface area contributed by atoms with Crippen LogP contribution in [0.4, 0.5) is 0 Å². The fourth-order valence-electron chi connectivity index (χ4n) is 3.29. The van der Waals surface area contributed by atoms with Crippen molar-refractivity contribution in [1.29, 1.82) is 0 Å². The molecule has 3 aromatic rings. The van der Waals surface area contributed by atoms with Crippen LogP contribution in [0, 0.1) is 5.92 Å². The fourth-order valence-corrected chi connectivity index (χ4v) is 3.29. The molecule has 0 aliphatic heterocycles. The molecule has 1 aliphatic rings. The Bertz CT molecular complexity index is 904. The molecule has 5 nitrogen and oxygen atoms in total. The van der Waals surface area contributed by atoms with Crippen LogP contribution in [0.15, 0.2) is 67.0 Å². The minimum Gasteiger partial charge on any atom is -0.496 e. The lowest BCUT2D eigenvalue weighted by molar-refractivity contribution is -0.122. The fraction of sp³-hybridized carbons (Fsp3) is 0.238. The highest BCUT2D eigenvalue weighted by Gasteiger charge is 2.45. The standard InChI is InChI=1S/C21H21N3O2/c1-26-20-10-6-5-9-17(20)18-11-19(18)21(25)22-12-15-13-23-24(14-15)16-7-3-2-4-8-16/h2-10,13-14,18-19H,11-12H2,1H3,(H,22,25)/t18-,19-/m0/s1. The Morgan fingerprint density at radius 2 is 1.96 bits per heavy atom. The van der Waals surface area contributed by atoms with Crippen LogP contribution < -0.4 is 10.1 Å². The Labute approximate surface area is 152 Å². The molecule has 1 aliphatic carbocycles. The molecule has 4 rings (SSSR count). The monoisotopic (exact) mass is 347 g/mol. The Balaban J connectivity index is 1.35. The summed E-state index contributed by atoms with van der Waals surface area (Å²) in [6.45, 7) is 0.487. The zero-order chi connectivity index (χ0) is 17.9. The van der Waals surface area contributed by atoms with Gasteiger partial charge in [0, 0.05) is 24.2 Å². The molecule has 1 N–H and O–H groups in total. The molecular formula is C21H21N3O2. The van der Waals surface area contributed by atoms with Gasteiger partial charge in [-0.3, -0.25) is 4.79 Å². The summed E-state index contributed by atoms with van der Waals surface area (Å²) in [5.74, 6) is 1.22. The minimum absolute atomic E-state index is 0.0236. The number of carbonyl (C=O) groups excluding carboxylic acids is 1. The van der Waals surface area contributed by atoms with Crippen molar-refractivity contribution in [3.8, 4) is 11.4 Å². The van der Waals surface area contributed by atoms with Crippen LogP contribution in [0.1, 0.15) is 23.5 Å². The molecular weight excluding hydrogens is 326 g/mol. The van der Waals surface area contributed by atoms with Gasteiger partial charge in [0.25, 0.3) is 0 Å². The molecule has 0 spiro atoms. The van der Waals surface area contributed by atoms with Crippen molar-refractivity contribution >= 4 is 5.91 Å². The number of nitrogens with zero attached hydrogens (tertiary/aromatic N) is 2. The molecule has 1 fully saturated rings. The van der Waals surface area contributed by atoms with Crippen molar-refractivity contribution in [2.24, 2.45) is 5.92 Å². The van der Waals surface area contributed by atoms with Gasteiger partial charge in [-0.15, -0.1) is 0 Å². The zero-order valence-electron chi connectivity index (χ0n) is 14.6. The Morgan fingerprint density at radius 3 is 2.77 bits per heavy atom. The van der Waals surface area contributed by atoms with Crippen LogP contribution in [0.5, 0.6) is 5.75 Å². The zero-order valence-corrected chi connectivity index (χ0v) is 14.6. The molecule has 5 heteroatoms. The summed E-state index contributed by atoms with van der Waals surface area (Å²) in [7, 11) is 1.67. The van der Waals surface area contributed by atoms with E-state index in [0.717, 1.165) is 29.0 Å². The second kappa shape index (κ2) is 7.04. The van der Waals surface area contributed by atoms with Crippen molar-refractivity contribution in [2.75, 3.05) is 7.11 Å². The van der Waals surface area contributed by atoms with Gasteiger partial charge in [-0.1, -0.05) is 36.4 Å². The number of amides is 1. The third-order valence-corrected chi connectivity index (χ3v) is 4.79. The summed E-state index contributed by atoms with van der Waals surface area (Å²) in [4.78, 5) is 12.5. The van der Waals surface area contributed by atoms with Crippen molar-refractivity contribution in [1.82, 2.24) is 15.1 Å². The molecule has 132 valence electrons. The van der Waals surface area contributed by atoms with E-state index in [4.69, 9.17) is 4.74 Å². The van der Waals surface area contributed by atoms with E-state index in [0.29, 0.717) is 6.54 Å². The van der Waals surface area contributed by atoms with E-state index in [1.54, 1.807) is 13.3 Å². The van der Waals surface area contributed by atoms with Crippen molar-refractivity contribution in [3.05, 3.63) is 78.1 Å². The molecule has 1 amide bonds. The average Bonchev–Trinajstić information content (AvgIpc) is 3.36. The van der Waals surface area contributed by atoms with Gasteiger partial charge in [-0.2, -0.15) is 5.10 Å². The normalized spacial score (nSPS) is 18.3. The van der Waals surface area contributed by atoms with Gasteiger partial charge in [0.15, 0.2) is 0 Å². The number of methoxy groups -OCH3 is 1. The molecule has 0 unspecified atom stereocenters. The number of carbonyl (C=O) groups is 1. The number of hydrogen-bond acceptors (Lipinski definition) is 3. The van der Waals surface area contributed by atoms with Gasteiger partial charge in [0.05, 0.1) is 19.0 Å². The maximum absolute atomic E-state index is 12.5. The average molecular weight is 347 g/mol. The first-order chi connectivity index (χ1) is 12.8. The topological polar surface area (TPSA) is 56.1 Å². The Morgan fingerprint density at radius 1 is 1.19 bits per heavy atom. The first-order valence-electron chi connectivity index (χ1n) is 8.76. The molecule has 2 aromatic carbocycles. The van der Waals surface area contributed by atoms with E-state index in [2.05, 4.69) is 10.4 Å². The van der Waals surface area contributed by atoms with Crippen LogP contribution in [0.3, 0.4) is 0 Å². The largest absolute Gasteiger partial charge is 0.496 e. The van der Waals surface area contributed by atoms with E-state index < -0.39 is 0 Å². The number of hydrogen-bond donors (Lipinski definition) is 1. The summed E-state index contributed by atoms with van der Waals surface area (Å²) in [5.41, 5.74) is 3.10. The van der Waals surface area contributed by atoms with Gasteiger partial charge in [0.2, 0.25) is 5.91 Å². The summed E-state index contributed by atoms with van der Waals surface area (Å²) < 4.78 is 7.22. The van der Waals surface area contributed by atoms with Crippen LogP contribution >= 0.6 is 0 Å². The second-order valence-electron chi connectivity index (χ2n) is 6.54. The number of rotatable bonds is 6. The molecule has 2 atom stereocenters. The van der Waals surface area contributed by atoms with E-state index in [-0.39, 0.29) is 17.7 Å². The lowest BCUT2D eigenvalue weighted by atomic mass is 10.1. The van der Waals surface area contributed by atoms with Crippen molar-refractivity contribution < 1.29 is 9.53 Å². The van der Waals surface area contributed by atoms with Crippen LogP contribution in [0.2, 0.25) is 0 Å². The maximum Gasteiger partial charge on any atom is 0.224 e. The Hall–Kier alpha value is -3.08. The van der Waals surface area contributed by atoms with E-state index in [1.807, 2.05) is 65.5 Å². The minimum atomic E-state index is 0.0236. The lowest BCUT2D eigenvalue weighted by Crippen LogP contribution is -2.24. The summed E-state index contributed by atoms with van der Waals surface area (Å²) in [5, 5.41) is 7.39. The molecule has 1 heterocycles. The lowest BCUT2D eigenvalue weighted by Gasteiger charge is -2.08. The highest BCUT2D eigenvalue weighted by atomic mass is 16.5. The maximum atomic E-state index is 12.5. The van der Waals surface area contributed by atoms with Gasteiger partial charge < -0.3 is 10.1 Å². The number of para-hydroxylation sites is 2. The van der Waals surface area contributed by atoms with Gasteiger partial charge in [-0.05, 0) is 36.1 Å². The third-order valence-electron chi connectivity index (χ3n) is 4.79. The predicted octanol–water partition coefficient (Wildman–Crippen LogP) is 3.30. The second-order valence-corrected chi connectivity index (χ2v) is 6.54. The first-order valence-corrected chi connectivity index (χ1v) is 8.76. The van der Waals surface area contributed by atoms with Gasteiger partial charge in [0.1, 0.15) is 5.75 Å². The predicted molar refractivity (Wildman–Crippen MR) is 99.3 cm³/mol. The molecule has 0 bridgehead atoms. The number of ether oxygens (including phenoxy) is 1. The quantitative estimate of drug-likeness (QED) is 0.744. The number of aromatic nitrogens is 2. The van der Waals surface area contributed by atoms with Gasteiger partial charge >= 0.3 is 0 Å². The first kappa shape index (κ1) is 16.4. The summed E-state index contributed by atoms with van der Waals surface area (Å²) in [6, 6.07) is 17.8.